The molecule has 1 aliphatic carbocycles. The molecule has 1 aromatic heterocycles. The predicted octanol–water partition coefficient (Wildman–Crippen LogP) is 3.76. The summed E-state index contributed by atoms with van der Waals surface area (Å²) < 4.78 is 0. The maximum absolute atomic E-state index is 12.8. The summed E-state index contributed by atoms with van der Waals surface area (Å²) >= 11 is 1.26. The number of amides is 2. The van der Waals surface area contributed by atoms with Crippen LogP contribution in [-0.4, -0.2) is 17.6 Å². The van der Waals surface area contributed by atoms with Crippen molar-refractivity contribution in [2.75, 3.05) is 4.90 Å². The molecule has 0 bridgehead atoms. The summed E-state index contributed by atoms with van der Waals surface area (Å²) in [6.45, 7) is 0. The van der Waals surface area contributed by atoms with Crippen LogP contribution in [0.5, 0.6) is 0 Å². The van der Waals surface area contributed by atoms with Gasteiger partial charge in [0.2, 0.25) is 0 Å². The molecule has 114 valence electrons. The van der Waals surface area contributed by atoms with Gasteiger partial charge in [0, 0.05) is 16.5 Å². The van der Waals surface area contributed by atoms with Crippen LogP contribution < -0.4 is 4.90 Å². The van der Waals surface area contributed by atoms with Gasteiger partial charge in [-0.25, -0.2) is 4.90 Å². The van der Waals surface area contributed by atoms with E-state index in [1.165, 1.54) is 11.3 Å². The minimum absolute atomic E-state index is 0.131. The minimum atomic E-state index is -0.371. The fraction of sp³-hybridized carbons (Fsp3) is 0. The number of nitrogens with zero attached hydrogens (tertiary/aromatic N) is 1. The van der Waals surface area contributed by atoms with Crippen molar-refractivity contribution in [2.45, 2.75) is 0 Å². The summed E-state index contributed by atoms with van der Waals surface area (Å²) in [4.78, 5) is 39.3. The molecule has 0 N–H and O–H groups in total. The van der Waals surface area contributed by atoms with Crippen LogP contribution in [0, 0.1) is 0 Å². The second-order valence-corrected chi connectivity index (χ2v) is 6.55. The number of thiophene rings is 1. The number of carbonyl (C=O) groups excluding carboxylic acids is 3. The maximum Gasteiger partial charge on any atom is 0.266 e. The van der Waals surface area contributed by atoms with Crippen LogP contribution >= 0.6 is 11.3 Å². The van der Waals surface area contributed by atoms with Gasteiger partial charge in [-0.1, -0.05) is 36.4 Å². The molecule has 24 heavy (non-hydrogen) atoms. The molecule has 2 amide bonds. The monoisotopic (exact) mass is 331 g/mol. The Labute approximate surface area is 141 Å². The molecule has 5 rings (SSSR count). The van der Waals surface area contributed by atoms with Gasteiger partial charge >= 0.3 is 0 Å². The lowest BCUT2D eigenvalue weighted by Crippen LogP contribution is -2.29. The van der Waals surface area contributed by atoms with Crippen LogP contribution in [0.4, 0.5) is 5.00 Å². The average Bonchev–Trinajstić information content (AvgIpc) is 3.23. The van der Waals surface area contributed by atoms with Crippen molar-refractivity contribution in [1.82, 2.24) is 0 Å². The summed E-state index contributed by atoms with van der Waals surface area (Å²) in [6, 6.07) is 14.1. The molecular weight excluding hydrogens is 322 g/mol. The van der Waals surface area contributed by atoms with Crippen molar-refractivity contribution in [2.24, 2.45) is 0 Å². The van der Waals surface area contributed by atoms with Crippen LogP contribution in [0.2, 0.25) is 0 Å². The number of carbonyl (C=O) groups is 3. The van der Waals surface area contributed by atoms with E-state index < -0.39 is 0 Å². The third-order valence-corrected chi connectivity index (χ3v) is 5.42. The highest BCUT2D eigenvalue weighted by Gasteiger charge is 2.41. The summed E-state index contributed by atoms with van der Waals surface area (Å²) in [6.07, 6.45) is 0. The third-order valence-electron chi connectivity index (χ3n) is 4.46. The Hall–Kier alpha value is -3.05. The van der Waals surface area contributed by atoms with Crippen molar-refractivity contribution < 1.29 is 14.4 Å². The first kappa shape index (κ1) is 13.4. The number of hydrogen-bond acceptors (Lipinski definition) is 4. The van der Waals surface area contributed by atoms with Crippen LogP contribution in [0.15, 0.2) is 53.9 Å². The quantitative estimate of drug-likeness (QED) is 0.499. The molecular formula is C19H9NO3S. The Kier molecular flexibility index (Phi) is 2.51. The van der Waals surface area contributed by atoms with E-state index in [2.05, 4.69) is 0 Å². The summed E-state index contributed by atoms with van der Waals surface area (Å²) in [5.41, 5.74) is 3.49. The van der Waals surface area contributed by atoms with E-state index >= 15 is 0 Å². The maximum atomic E-state index is 12.8. The van der Waals surface area contributed by atoms with Crippen LogP contribution in [0.1, 0.15) is 36.6 Å². The molecule has 0 spiro atoms. The highest BCUT2D eigenvalue weighted by atomic mass is 32.1. The van der Waals surface area contributed by atoms with Gasteiger partial charge in [-0.15, -0.1) is 11.3 Å². The summed E-state index contributed by atoms with van der Waals surface area (Å²) in [5.74, 6) is -0.874. The lowest BCUT2D eigenvalue weighted by Gasteiger charge is -2.12. The van der Waals surface area contributed by atoms with Gasteiger partial charge in [0.15, 0.2) is 5.78 Å². The normalized spacial score (nSPS) is 14.8. The SMILES string of the molecule is O=C1c2ccccc2-c2csc(N3C(=O)c4ccccc4C3=O)c21. The molecule has 0 saturated carbocycles. The van der Waals surface area contributed by atoms with Gasteiger partial charge in [0.25, 0.3) is 11.8 Å². The highest BCUT2D eigenvalue weighted by Crippen LogP contribution is 2.47. The first-order valence-electron chi connectivity index (χ1n) is 7.42. The zero-order chi connectivity index (χ0) is 16.4. The van der Waals surface area contributed by atoms with Crippen LogP contribution in [-0.2, 0) is 0 Å². The lowest BCUT2D eigenvalue weighted by atomic mass is 10.1. The number of hydrogen-bond donors (Lipinski definition) is 0. The van der Waals surface area contributed by atoms with E-state index in [4.69, 9.17) is 0 Å². The van der Waals surface area contributed by atoms with E-state index in [1.54, 1.807) is 30.3 Å². The van der Waals surface area contributed by atoms with E-state index in [0.29, 0.717) is 27.3 Å². The molecule has 2 aliphatic rings. The summed E-state index contributed by atoms with van der Waals surface area (Å²) in [5, 5.41) is 2.26. The smallest absolute Gasteiger partial charge is 0.266 e. The van der Waals surface area contributed by atoms with Crippen LogP contribution in [0.3, 0.4) is 0 Å². The van der Waals surface area contributed by atoms with E-state index in [9.17, 15) is 14.4 Å². The van der Waals surface area contributed by atoms with Gasteiger partial charge in [-0.05, 0) is 17.7 Å². The Balaban J connectivity index is 1.70. The molecule has 0 radical (unpaired) electrons. The topological polar surface area (TPSA) is 54.5 Å². The van der Waals surface area contributed by atoms with Crippen molar-refractivity contribution in [3.05, 3.63) is 76.2 Å². The Morgan fingerprint density at radius 1 is 0.667 bits per heavy atom. The van der Waals surface area contributed by atoms with Gasteiger partial charge in [0.05, 0.1) is 16.7 Å². The number of ketones is 1. The van der Waals surface area contributed by atoms with Crippen molar-refractivity contribution >= 4 is 33.9 Å². The molecule has 0 saturated heterocycles. The molecule has 0 unspecified atom stereocenters. The average molecular weight is 331 g/mol. The number of anilines is 1. The fourth-order valence-electron chi connectivity index (χ4n) is 3.35. The van der Waals surface area contributed by atoms with Crippen LogP contribution in [0.25, 0.3) is 11.1 Å². The minimum Gasteiger partial charge on any atom is -0.288 e. The Morgan fingerprint density at radius 3 is 1.83 bits per heavy atom. The van der Waals surface area contributed by atoms with Gasteiger partial charge in [0.1, 0.15) is 5.00 Å². The molecule has 2 heterocycles. The second-order valence-electron chi connectivity index (χ2n) is 5.70. The molecule has 0 atom stereocenters. The lowest BCUT2D eigenvalue weighted by molar-refractivity contribution is 0.0927. The molecule has 1 aliphatic heterocycles. The summed E-state index contributed by atoms with van der Waals surface area (Å²) in [7, 11) is 0. The van der Waals surface area contributed by atoms with Gasteiger partial charge in [-0.3, -0.25) is 14.4 Å². The highest BCUT2D eigenvalue weighted by molar-refractivity contribution is 7.15. The Bertz CT molecular complexity index is 1040. The third kappa shape index (κ3) is 1.49. The number of rotatable bonds is 1. The molecule has 4 nitrogen and oxygen atoms in total. The fourth-order valence-corrected chi connectivity index (χ4v) is 4.42. The zero-order valence-electron chi connectivity index (χ0n) is 12.3. The number of imide groups is 1. The van der Waals surface area contributed by atoms with Gasteiger partial charge < -0.3 is 0 Å². The first-order valence-corrected chi connectivity index (χ1v) is 8.30. The van der Waals surface area contributed by atoms with Crippen molar-refractivity contribution in [1.29, 1.82) is 0 Å². The van der Waals surface area contributed by atoms with Crippen molar-refractivity contribution in [3.63, 3.8) is 0 Å². The van der Waals surface area contributed by atoms with E-state index in [-0.39, 0.29) is 17.6 Å². The number of benzene rings is 2. The standard InChI is InChI=1S/C19H9NO3S/c21-16-11-6-2-1-5-10(11)14-9-24-19(15(14)16)20-17(22)12-7-3-4-8-13(12)18(20)23/h1-9H. The zero-order valence-corrected chi connectivity index (χ0v) is 13.1. The molecule has 5 heteroatoms. The molecule has 0 fully saturated rings. The molecule has 2 aromatic carbocycles. The predicted molar refractivity (Wildman–Crippen MR) is 90.8 cm³/mol. The largest absolute Gasteiger partial charge is 0.288 e. The molecule has 3 aromatic rings. The van der Waals surface area contributed by atoms with E-state index in [1.807, 2.05) is 23.6 Å². The second kappa shape index (κ2) is 4.49. The number of fused-ring (bicyclic) bond motifs is 4. The van der Waals surface area contributed by atoms with Gasteiger partial charge in [-0.2, -0.15) is 0 Å². The Morgan fingerprint density at radius 2 is 1.21 bits per heavy atom. The van der Waals surface area contributed by atoms with E-state index in [0.717, 1.165) is 16.0 Å². The van der Waals surface area contributed by atoms with Crippen molar-refractivity contribution in [3.8, 4) is 11.1 Å². The first-order chi connectivity index (χ1) is 11.7.